The van der Waals surface area contributed by atoms with Crippen LogP contribution in [0, 0.1) is 11.8 Å². The first-order valence-electron chi connectivity index (χ1n) is 23.0. The fourth-order valence-electron chi connectivity index (χ4n) is 6.68. The molecule has 0 bridgehead atoms. The number of hydrogen-bond acceptors (Lipinski definition) is 12. The van der Waals surface area contributed by atoms with Crippen molar-refractivity contribution in [2.75, 3.05) is 26.4 Å². The molecule has 5 N–H and O–H groups in total. The van der Waals surface area contributed by atoms with Gasteiger partial charge in [0.05, 0.1) is 32.0 Å². The summed E-state index contributed by atoms with van der Waals surface area (Å²) in [6.45, 7) is 1.84. The average Bonchev–Trinajstić information content (AvgIpc) is 3.52. The number of phosphoric acid groups is 1. The highest BCUT2D eigenvalue weighted by Crippen LogP contribution is 2.43. The standard InChI is InChI=1S/C48H79O13P/c1-3-5-7-8-9-10-11-12-13-14-15-16-17-18-19-20-21-22-28-32-48(55)61-42(39-60-62(56,57)59-37-41(51)36-49)38-58-47(54)31-27-24-23-26-30-43-44(46(53)35-45(43)52)34-33-40(50)29-25-6-4-2/h5,7,9-10,12-13,15-16,18-19,33-34,40-44,46,49-51,53H,3-4,6,8,11,14,17,20-32,35-39H2,1-2H3,(H,56,57)/b7-5-,10-9-,13-12-,16-15-,19-18-,34-33+/t40-,41-,42+,43+,44+,46+/m0/s1. The largest absolute Gasteiger partial charge is 0.472 e. The second-order valence-corrected chi connectivity index (χ2v) is 17.3. The van der Waals surface area contributed by atoms with Crippen LogP contribution in [0.4, 0.5) is 0 Å². The van der Waals surface area contributed by atoms with Crippen molar-refractivity contribution in [3.63, 3.8) is 0 Å². The van der Waals surface area contributed by atoms with Crippen LogP contribution in [0.5, 0.6) is 0 Å². The monoisotopic (exact) mass is 895 g/mol. The molecule has 0 aliphatic heterocycles. The molecule has 1 saturated carbocycles. The minimum atomic E-state index is -4.69. The van der Waals surface area contributed by atoms with Gasteiger partial charge in [0.15, 0.2) is 6.10 Å². The van der Waals surface area contributed by atoms with Crippen molar-refractivity contribution < 1.29 is 62.8 Å². The highest BCUT2D eigenvalue weighted by atomic mass is 31.2. The number of ether oxygens (including phenoxy) is 2. The summed E-state index contributed by atoms with van der Waals surface area (Å²) < 4.78 is 32.7. The van der Waals surface area contributed by atoms with Gasteiger partial charge in [0.25, 0.3) is 0 Å². The maximum Gasteiger partial charge on any atom is 0.472 e. The van der Waals surface area contributed by atoms with Crippen molar-refractivity contribution in [2.24, 2.45) is 11.8 Å². The quantitative estimate of drug-likeness (QED) is 0.0170. The van der Waals surface area contributed by atoms with Gasteiger partial charge in [0.2, 0.25) is 0 Å². The van der Waals surface area contributed by atoms with Gasteiger partial charge in [-0.15, -0.1) is 0 Å². The number of rotatable bonds is 38. The van der Waals surface area contributed by atoms with E-state index in [2.05, 4.69) is 79.1 Å². The number of esters is 2. The summed E-state index contributed by atoms with van der Waals surface area (Å²) in [6, 6.07) is 0. The summed E-state index contributed by atoms with van der Waals surface area (Å²) in [4.78, 5) is 47.8. The molecule has 354 valence electrons. The predicted octanol–water partition coefficient (Wildman–Crippen LogP) is 9.03. The van der Waals surface area contributed by atoms with Crippen LogP contribution >= 0.6 is 7.82 Å². The lowest BCUT2D eigenvalue weighted by Crippen LogP contribution is -2.29. The number of Topliss-reactive ketones (excluding diaryl/α,β-unsaturated/α-hetero) is 1. The molecule has 1 aliphatic carbocycles. The van der Waals surface area contributed by atoms with Crippen LogP contribution in [0.25, 0.3) is 0 Å². The SMILES string of the molecule is CC/C=C\C/C=C\C/C=C\C/C=C\C/C=C\CCCCCC(=O)O[C@H](COC(=O)CCCCCC[C@H]1C(=O)C[C@@H](O)[C@@H]1/C=C/[C@@H](O)CCCCC)COP(=O)(O)OC[C@@H](O)CO. The molecule has 62 heavy (non-hydrogen) atoms. The van der Waals surface area contributed by atoms with Crippen LogP contribution in [0.15, 0.2) is 72.9 Å². The van der Waals surface area contributed by atoms with Crippen molar-refractivity contribution >= 4 is 25.5 Å². The third-order valence-electron chi connectivity index (χ3n) is 10.2. The van der Waals surface area contributed by atoms with E-state index in [1.165, 1.54) is 0 Å². The maximum absolute atomic E-state index is 12.7. The number of hydrogen-bond donors (Lipinski definition) is 5. The van der Waals surface area contributed by atoms with Gasteiger partial charge in [0, 0.05) is 31.1 Å². The Morgan fingerprint density at radius 2 is 1.32 bits per heavy atom. The van der Waals surface area contributed by atoms with Crippen molar-refractivity contribution in [3.8, 4) is 0 Å². The summed E-state index contributed by atoms with van der Waals surface area (Å²) in [5, 5.41) is 39.1. The van der Waals surface area contributed by atoms with Crippen LogP contribution in [0.2, 0.25) is 0 Å². The van der Waals surface area contributed by atoms with E-state index in [0.29, 0.717) is 32.1 Å². The Bertz CT molecular complexity index is 1420. The van der Waals surface area contributed by atoms with Crippen LogP contribution in [-0.4, -0.2) is 93.9 Å². The molecule has 0 spiro atoms. The highest BCUT2D eigenvalue weighted by Gasteiger charge is 2.39. The fraction of sp³-hybridized carbons (Fsp3) is 0.688. The Balaban J connectivity index is 2.44. The molecule has 14 heteroatoms. The molecule has 1 fully saturated rings. The number of unbranched alkanes of at least 4 members (excludes halogenated alkanes) is 8. The number of allylic oxidation sites excluding steroid dienone is 10. The normalized spacial score (nSPS) is 19.8. The van der Waals surface area contributed by atoms with Gasteiger partial charge in [-0.25, -0.2) is 4.57 Å². The average molecular weight is 895 g/mol. The Labute approximate surface area is 371 Å². The van der Waals surface area contributed by atoms with Gasteiger partial charge in [-0.3, -0.25) is 23.4 Å². The molecule has 7 atom stereocenters. The third-order valence-corrected chi connectivity index (χ3v) is 11.2. The summed E-state index contributed by atoms with van der Waals surface area (Å²) in [7, 11) is -4.69. The Morgan fingerprint density at radius 3 is 1.95 bits per heavy atom. The number of aliphatic hydroxyl groups is 4. The molecule has 0 heterocycles. The smallest absolute Gasteiger partial charge is 0.462 e. The molecule has 0 aromatic rings. The van der Waals surface area contributed by atoms with Crippen LogP contribution in [0.1, 0.15) is 149 Å². The van der Waals surface area contributed by atoms with Crippen LogP contribution < -0.4 is 0 Å². The van der Waals surface area contributed by atoms with E-state index in [-0.39, 0.29) is 36.9 Å². The summed E-state index contributed by atoms with van der Waals surface area (Å²) >= 11 is 0. The molecule has 0 amide bonds. The van der Waals surface area contributed by atoms with Crippen LogP contribution in [0.3, 0.4) is 0 Å². The molecular weight excluding hydrogens is 815 g/mol. The van der Waals surface area contributed by atoms with E-state index in [9.17, 15) is 39.2 Å². The Kier molecular flexibility index (Phi) is 34.4. The van der Waals surface area contributed by atoms with E-state index in [1.807, 2.05) is 0 Å². The van der Waals surface area contributed by atoms with Gasteiger partial charge < -0.3 is 34.8 Å². The number of phosphoric ester groups is 1. The molecule has 0 radical (unpaired) electrons. The number of aliphatic hydroxyl groups excluding tert-OH is 4. The van der Waals surface area contributed by atoms with E-state index >= 15 is 0 Å². The van der Waals surface area contributed by atoms with E-state index in [0.717, 1.165) is 83.5 Å². The minimum Gasteiger partial charge on any atom is -0.462 e. The highest BCUT2D eigenvalue weighted by molar-refractivity contribution is 7.47. The van der Waals surface area contributed by atoms with E-state index in [1.54, 1.807) is 12.2 Å². The molecule has 1 aliphatic rings. The lowest BCUT2D eigenvalue weighted by Gasteiger charge is -2.20. The maximum atomic E-state index is 12.7. The van der Waals surface area contributed by atoms with Gasteiger partial charge in [-0.1, -0.05) is 132 Å². The predicted molar refractivity (Wildman–Crippen MR) is 243 cm³/mol. The summed E-state index contributed by atoms with van der Waals surface area (Å²) in [5.41, 5.74) is 0. The van der Waals surface area contributed by atoms with Crippen molar-refractivity contribution in [1.82, 2.24) is 0 Å². The first-order valence-corrected chi connectivity index (χ1v) is 24.5. The number of carbonyl (C=O) groups excluding carboxylic acids is 3. The van der Waals surface area contributed by atoms with Crippen molar-refractivity contribution in [1.29, 1.82) is 0 Å². The summed E-state index contributed by atoms with van der Waals surface area (Å²) in [6.07, 6.45) is 36.2. The van der Waals surface area contributed by atoms with Crippen molar-refractivity contribution in [2.45, 2.75) is 173 Å². The first-order chi connectivity index (χ1) is 29.9. The Morgan fingerprint density at radius 1 is 0.742 bits per heavy atom. The second kappa shape index (κ2) is 37.4. The number of carbonyl (C=O) groups is 3. The molecule has 0 aromatic carbocycles. The van der Waals surface area contributed by atoms with Crippen LogP contribution in [-0.2, 0) is 37.5 Å². The fourth-order valence-corrected chi connectivity index (χ4v) is 7.47. The Hall–Kier alpha value is -3.00. The zero-order valence-electron chi connectivity index (χ0n) is 37.5. The summed E-state index contributed by atoms with van der Waals surface area (Å²) in [5.74, 6) is -1.72. The van der Waals surface area contributed by atoms with Gasteiger partial charge in [-0.2, -0.15) is 0 Å². The van der Waals surface area contributed by atoms with Gasteiger partial charge >= 0.3 is 19.8 Å². The zero-order chi connectivity index (χ0) is 45.7. The lowest BCUT2D eigenvalue weighted by molar-refractivity contribution is -0.161. The molecule has 1 rings (SSSR count). The molecular formula is C48H79O13P. The molecule has 0 saturated heterocycles. The van der Waals surface area contributed by atoms with Gasteiger partial charge in [0.1, 0.15) is 18.5 Å². The zero-order valence-corrected chi connectivity index (χ0v) is 38.4. The molecule has 13 nitrogen and oxygen atoms in total. The molecule has 1 unspecified atom stereocenters. The van der Waals surface area contributed by atoms with E-state index < -0.39 is 70.6 Å². The first kappa shape index (κ1) is 57.0. The topological polar surface area (TPSA) is 206 Å². The van der Waals surface area contributed by atoms with Gasteiger partial charge in [-0.05, 0) is 70.6 Å². The number of ketones is 1. The molecule has 0 aromatic heterocycles. The van der Waals surface area contributed by atoms with Crippen molar-refractivity contribution in [3.05, 3.63) is 72.9 Å². The lowest BCUT2D eigenvalue weighted by atomic mass is 9.88. The second-order valence-electron chi connectivity index (χ2n) is 15.8. The minimum absolute atomic E-state index is 0.0274. The third kappa shape index (κ3) is 30.9. The van der Waals surface area contributed by atoms with E-state index in [4.69, 9.17) is 19.1 Å².